The molecule has 1 fully saturated rings. The van der Waals surface area contributed by atoms with E-state index in [1.54, 1.807) is 0 Å². The topological polar surface area (TPSA) is 98.9 Å². The zero-order chi connectivity index (χ0) is 24.9. The van der Waals surface area contributed by atoms with Crippen LogP contribution >= 0.6 is 0 Å². The number of hydrogen-bond acceptors (Lipinski definition) is 5. The van der Waals surface area contributed by atoms with Crippen molar-refractivity contribution in [2.24, 2.45) is 23.5 Å². The number of anilines is 1. The Morgan fingerprint density at radius 2 is 1.85 bits per heavy atom. The van der Waals surface area contributed by atoms with Gasteiger partial charge in [0.2, 0.25) is 11.8 Å². The fraction of sp³-hybridized carbons (Fsp3) is 0.692. The summed E-state index contributed by atoms with van der Waals surface area (Å²) >= 11 is 0. The molecule has 0 spiro atoms. The smallest absolute Gasteiger partial charge is 0.241 e. The molecule has 3 atom stereocenters. The van der Waals surface area contributed by atoms with Gasteiger partial charge in [0.15, 0.2) is 0 Å². The zero-order valence-electron chi connectivity index (χ0n) is 21.5. The number of aliphatic hydroxyl groups excluding tert-OH is 1. The van der Waals surface area contributed by atoms with E-state index in [0.717, 1.165) is 11.3 Å². The van der Waals surface area contributed by atoms with Crippen molar-refractivity contribution < 1.29 is 14.7 Å². The van der Waals surface area contributed by atoms with Crippen molar-refractivity contribution in [1.29, 1.82) is 0 Å². The highest BCUT2D eigenvalue weighted by Gasteiger charge is 2.40. The molecule has 0 aromatic heterocycles. The highest BCUT2D eigenvalue weighted by molar-refractivity contribution is 5.96. The number of nitrogens with two attached hydrogens (primary N) is 1. The summed E-state index contributed by atoms with van der Waals surface area (Å²) in [4.78, 5) is 29.6. The maximum absolute atomic E-state index is 13.0. The summed E-state index contributed by atoms with van der Waals surface area (Å²) in [5.74, 6) is 0.143. The van der Waals surface area contributed by atoms with Crippen LogP contribution in [0.25, 0.3) is 0 Å². The van der Waals surface area contributed by atoms with Crippen LogP contribution in [0, 0.1) is 24.7 Å². The zero-order valence-corrected chi connectivity index (χ0v) is 21.5. The van der Waals surface area contributed by atoms with E-state index >= 15 is 0 Å². The van der Waals surface area contributed by atoms with Gasteiger partial charge in [-0.15, -0.1) is 0 Å². The number of amides is 2. The minimum Gasteiger partial charge on any atom is -0.391 e. The number of aliphatic hydroxyl groups is 1. The van der Waals surface area contributed by atoms with E-state index in [0.29, 0.717) is 32.0 Å². The Morgan fingerprint density at radius 1 is 1.21 bits per heavy atom. The molecule has 1 saturated heterocycles. The van der Waals surface area contributed by atoms with Crippen LogP contribution in [0.5, 0.6) is 0 Å². The molecule has 2 amide bonds. The Kier molecular flexibility index (Phi) is 9.47. The van der Waals surface area contributed by atoms with Crippen LogP contribution in [0.2, 0.25) is 0 Å². The molecule has 1 aromatic carbocycles. The molecule has 7 heteroatoms. The quantitative estimate of drug-likeness (QED) is 0.498. The van der Waals surface area contributed by atoms with Crippen LogP contribution in [0.4, 0.5) is 5.69 Å². The van der Waals surface area contributed by atoms with Crippen molar-refractivity contribution in [2.75, 3.05) is 31.1 Å². The van der Waals surface area contributed by atoms with Gasteiger partial charge >= 0.3 is 0 Å². The van der Waals surface area contributed by atoms with Gasteiger partial charge in [-0.3, -0.25) is 14.5 Å². The van der Waals surface area contributed by atoms with Crippen LogP contribution in [0.15, 0.2) is 24.3 Å². The largest absolute Gasteiger partial charge is 0.391 e. The molecule has 7 nitrogen and oxygen atoms in total. The average Bonchev–Trinajstić information content (AvgIpc) is 2.72. The summed E-state index contributed by atoms with van der Waals surface area (Å²) < 4.78 is 0. The van der Waals surface area contributed by atoms with Gasteiger partial charge in [-0.2, -0.15) is 0 Å². The summed E-state index contributed by atoms with van der Waals surface area (Å²) in [6.07, 6.45) is -0.525. The van der Waals surface area contributed by atoms with Gasteiger partial charge in [-0.25, -0.2) is 0 Å². The monoisotopic (exact) mass is 460 g/mol. The first-order valence-electron chi connectivity index (χ1n) is 12.2. The van der Waals surface area contributed by atoms with E-state index in [-0.39, 0.29) is 35.7 Å². The lowest BCUT2D eigenvalue weighted by Gasteiger charge is -2.48. The second kappa shape index (κ2) is 11.4. The summed E-state index contributed by atoms with van der Waals surface area (Å²) in [5.41, 5.74) is 8.11. The predicted octanol–water partition coefficient (Wildman–Crippen LogP) is 2.54. The lowest BCUT2D eigenvalue weighted by atomic mass is 9.86. The molecule has 1 aliphatic heterocycles. The van der Waals surface area contributed by atoms with Crippen molar-refractivity contribution in [2.45, 2.75) is 72.6 Å². The number of piperazine rings is 1. The van der Waals surface area contributed by atoms with Gasteiger partial charge in [-0.05, 0) is 50.7 Å². The van der Waals surface area contributed by atoms with E-state index in [2.05, 4.69) is 37.9 Å². The Bertz CT molecular complexity index is 808. The van der Waals surface area contributed by atoms with E-state index in [1.807, 2.05) is 49.9 Å². The number of para-hydroxylation sites is 1. The molecule has 4 N–H and O–H groups in total. The molecule has 33 heavy (non-hydrogen) atoms. The number of carbonyl (C=O) groups is 2. The lowest BCUT2D eigenvalue weighted by molar-refractivity contribution is -0.127. The fourth-order valence-electron chi connectivity index (χ4n) is 4.36. The minimum absolute atomic E-state index is 0.0263. The molecule has 1 aromatic rings. The molecular weight excluding hydrogens is 416 g/mol. The van der Waals surface area contributed by atoms with E-state index in [4.69, 9.17) is 5.73 Å². The summed E-state index contributed by atoms with van der Waals surface area (Å²) in [5, 5.41) is 13.9. The maximum Gasteiger partial charge on any atom is 0.241 e. The number of hydrogen-bond donors (Lipinski definition) is 3. The van der Waals surface area contributed by atoms with Crippen molar-refractivity contribution >= 4 is 17.5 Å². The molecule has 2 rings (SSSR count). The van der Waals surface area contributed by atoms with Gasteiger partial charge in [0.1, 0.15) is 0 Å². The number of benzene rings is 1. The highest BCUT2D eigenvalue weighted by atomic mass is 16.3. The van der Waals surface area contributed by atoms with Crippen molar-refractivity contribution in [1.82, 2.24) is 10.2 Å². The van der Waals surface area contributed by atoms with E-state index in [9.17, 15) is 14.7 Å². The number of nitrogens with zero attached hydrogens (tertiary/aromatic N) is 2. The lowest BCUT2D eigenvalue weighted by Crippen LogP contribution is -2.64. The van der Waals surface area contributed by atoms with Crippen molar-refractivity contribution in [3.05, 3.63) is 29.8 Å². The second-order valence-electron chi connectivity index (χ2n) is 10.9. The third-order valence-electron chi connectivity index (χ3n) is 6.68. The second-order valence-corrected chi connectivity index (χ2v) is 10.9. The van der Waals surface area contributed by atoms with Crippen LogP contribution in [-0.2, 0) is 9.59 Å². The molecule has 0 saturated carbocycles. The van der Waals surface area contributed by atoms with Crippen molar-refractivity contribution in [3.63, 3.8) is 0 Å². The third kappa shape index (κ3) is 7.26. The van der Waals surface area contributed by atoms with E-state index < -0.39 is 12.1 Å². The van der Waals surface area contributed by atoms with Crippen LogP contribution in [0.1, 0.15) is 53.5 Å². The van der Waals surface area contributed by atoms with Crippen molar-refractivity contribution in [3.8, 4) is 0 Å². The Hall–Kier alpha value is -1.96. The highest BCUT2D eigenvalue weighted by Crippen LogP contribution is 2.29. The van der Waals surface area contributed by atoms with E-state index in [1.165, 1.54) is 0 Å². The minimum atomic E-state index is -0.831. The van der Waals surface area contributed by atoms with Gasteiger partial charge in [0, 0.05) is 42.8 Å². The fourth-order valence-corrected chi connectivity index (χ4v) is 4.36. The molecule has 0 aliphatic carbocycles. The van der Waals surface area contributed by atoms with Gasteiger partial charge in [0.05, 0.1) is 12.6 Å². The molecule has 0 unspecified atom stereocenters. The Morgan fingerprint density at radius 3 is 2.42 bits per heavy atom. The van der Waals surface area contributed by atoms with Crippen LogP contribution < -0.4 is 16.0 Å². The van der Waals surface area contributed by atoms with Gasteiger partial charge in [0.25, 0.3) is 0 Å². The van der Waals surface area contributed by atoms with Crippen LogP contribution in [0.3, 0.4) is 0 Å². The summed E-state index contributed by atoms with van der Waals surface area (Å²) in [6.45, 7) is 16.1. The van der Waals surface area contributed by atoms with Crippen LogP contribution in [-0.4, -0.2) is 65.7 Å². The molecule has 0 radical (unpaired) electrons. The third-order valence-corrected chi connectivity index (χ3v) is 6.68. The number of rotatable bonds is 10. The molecule has 1 heterocycles. The summed E-state index contributed by atoms with van der Waals surface area (Å²) in [7, 11) is 0. The molecule has 1 aliphatic rings. The Balaban J connectivity index is 2.03. The van der Waals surface area contributed by atoms with Gasteiger partial charge < -0.3 is 21.1 Å². The average molecular weight is 461 g/mol. The van der Waals surface area contributed by atoms with Gasteiger partial charge in [-0.1, -0.05) is 45.9 Å². The summed E-state index contributed by atoms with van der Waals surface area (Å²) in [6, 6.07) is 7.35. The number of nitrogens with one attached hydrogen (secondary N) is 1. The Labute approximate surface area is 199 Å². The standard InChI is InChI=1S/C26H44N4O3/c1-17(2)13-28-25(33)20(18(3)4)12-23(31)21(27)14-29-15-24(32)30(16-26(29,6)7)22-11-9-8-10-19(22)5/h8-11,17-18,20-21,23,31H,12-16,27H2,1-7H3,(H,28,33)/t20-,21-,23-/m0/s1. The molecule has 186 valence electrons. The predicted molar refractivity (Wildman–Crippen MR) is 134 cm³/mol. The first-order valence-corrected chi connectivity index (χ1v) is 12.2. The molecule has 0 bridgehead atoms. The normalized spacial score (nSPS) is 19.6. The number of aryl methyl sites for hydroxylation is 1. The first-order chi connectivity index (χ1) is 15.3. The first kappa shape index (κ1) is 27.3. The maximum atomic E-state index is 13.0. The molecular formula is C26H44N4O3. The number of carbonyl (C=O) groups excluding carboxylic acids is 2. The SMILES string of the molecule is Cc1ccccc1N1CC(C)(C)N(C[C@H](N)[C@@H](O)C[C@H](C(=O)NCC(C)C)C(C)C)CC1=O.